The summed E-state index contributed by atoms with van der Waals surface area (Å²) in [4.78, 5) is 36.6. The van der Waals surface area contributed by atoms with E-state index >= 15 is 0 Å². The largest absolute Gasteiger partial charge is 0.508 e. The lowest BCUT2D eigenvalue weighted by Gasteiger charge is -2.26. The Hall–Kier alpha value is -2.90. The fraction of sp³-hybridized carbons (Fsp3) is 0.591. The zero-order chi connectivity index (χ0) is 24.3. The molecule has 0 aliphatic rings. The van der Waals surface area contributed by atoms with E-state index in [1.54, 1.807) is 10.9 Å². The lowest BCUT2D eigenvalue weighted by molar-refractivity contribution is -0.116. The van der Waals surface area contributed by atoms with Gasteiger partial charge in [0.1, 0.15) is 6.61 Å². The molecule has 180 valence electrons. The highest BCUT2D eigenvalue weighted by atomic mass is 35.5. The Labute approximate surface area is 198 Å². The van der Waals surface area contributed by atoms with E-state index in [0.29, 0.717) is 30.6 Å². The molecule has 11 heteroatoms. The summed E-state index contributed by atoms with van der Waals surface area (Å²) in [7, 11) is 1.44. The van der Waals surface area contributed by atoms with Gasteiger partial charge in [0, 0.05) is 26.5 Å². The number of fused-ring (bicyclic) bond motifs is 1. The summed E-state index contributed by atoms with van der Waals surface area (Å²) in [5.74, 6) is 2.65. The van der Waals surface area contributed by atoms with Crippen molar-refractivity contribution in [2.45, 2.75) is 64.5 Å². The number of rotatable bonds is 13. The first kappa shape index (κ1) is 26.4. The fourth-order valence-corrected chi connectivity index (χ4v) is 3.17. The summed E-state index contributed by atoms with van der Waals surface area (Å²) < 4.78 is 17.2. The summed E-state index contributed by atoms with van der Waals surface area (Å²) in [6.45, 7) is 4.36. The molecule has 0 saturated carbocycles. The van der Waals surface area contributed by atoms with Gasteiger partial charge in [-0.25, -0.2) is 9.78 Å². The smallest absolute Gasteiger partial charge is 0.434 e. The topological polar surface area (TPSA) is 117 Å². The Kier molecular flexibility index (Phi) is 10.4. The Morgan fingerprint density at radius 2 is 2.03 bits per heavy atom. The van der Waals surface area contributed by atoms with Gasteiger partial charge in [-0.2, -0.15) is 9.97 Å². The number of hydrogen-bond acceptors (Lipinski definition) is 8. The molecule has 1 unspecified atom stereocenters. The second kappa shape index (κ2) is 13.0. The Bertz CT molecular complexity index is 989. The van der Waals surface area contributed by atoms with Crippen LogP contribution in [-0.2, 0) is 25.5 Å². The predicted molar refractivity (Wildman–Crippen MR) is 124 cm³/mol. The maximum atomic E-state index is 12.2. The molecule has 0 spiro atoms. The number of aryl methyl sites for hydroxylation is 1. The van der Waals surface area contributed by atoms with E-state index in [1.807, 2.05) is 6.92 Å². The Morgan fingerprint density at radius 1 is 1.24 bits per heavy atom. The van der Waals surface area contributed by atoms with Crippen molar-refractivity contribution in [3.05, 3.63) is 11.6 Å². The Morgan fingerprint density at radius 3 is 2.70 bits per heavy atom. The van der Waals surface area contributed by atoms with Crippen molar-refractivity contribution in [2.75, 3.05) is 25.6 Å². The number of carbonyl (C=O) groups is 2. The molecule has 0 fully saturated rings. The van der Waals surface area contributed by atoms with Gasteiger partial charge in [-0.1, -0.05) is 32.6 Å². The van der Waals surface area contributed by atoms with Gasteiger partial charge in [-0.3, -0.25) is 4.79 Å². The fourth-order valence-electron chi connectivity index (χ4n) is 3.01. The van der Waals surface area contributed by atoms with Crippen molar-refractivity contribution in [3.8, 4) is 12.3 Å². The minimum Gasteiger partial charge on any atom is -0.434 e. The van der Waals surface area contributed by atoms with Gasteiger partial charge < -0.3 is 24.1 Å². The number of imidazole rings is 1. The van der Waals surface area contributed by atoms with Gasteiger partial charge in [0.2, 0.25) is 11.2 Å². The van der Waals surface area contributed by atoms with Crippen molar-refractivity contribution in [3.63, 3.8) is 0 Å². The van der Waals surface area contributed by atoms with E-state index in [9.17, 15) is 9.59 Å². The maximum absolute atomic E-state index is 12.2. The summed E-state index contributed by atoms with van der Waals surface area (Å²) in [5, 5.41) is 2.74. The van der Waals surface area contributed by atoms with Gasteiger partial charge in [-0.05, 0) is 24.4 Å². The highest BCUT2D eigenvalue weighted by Crippen LogP contribution is 2.23. The van der Waals surface area contributed by atoms with Crippen LogP contribution in [0.2, 0.25) is 5.28 Å². The molecule has 2 rings (SSSR count). The first-order chi connectivity index (χ1) is 15.9. The molecular formula is C22H30ClN5O5. The van der Waals surface area contributed by atoms with Gasteiger partial charge >= 0.3 is 6.16 Å². The number of carbonyl (C=O) groups excluding carboxylic acids is 2. The van der Waals surface area contributed by atoms with E-state index in [2.05, 4.69) is 33.1 Å². The molecule has 1 atom stereocenters. The standard InChI is InChI=1S/C22H30ClN5O5/c1-5-8-9-10-16(29)25-18-17-19(27-20(23)26-18)28(15-24-17)12-11-22(7-3,31-4)14-33-21(30)32-13-6-2/h3,15H,5-6,8-14H2,1-2,4H3,(H,25,26,27,29). The van der Waals surface area contributed by atoms with Crippen molar-refractivity contribution in [1.82, 2.24) is 19.5 Å². The van der Waals surface area contributed by atoms with Crippen LogP contribution in [-0.4, -0.2) is 57.5 Å². The zero-order valence-electron chi connectivity index (χ0n) is 19.2. The third kappa shape index (κ3) is 7.58. The number of hydrogen-bond donors (Lipinski definition) is 1. The minimum absolute atomic E-state index is 0.0231. The second-order valence-electron chi connectivity index (χ2n) is 7.44. The molecule has 0 saturated heterocycles. The van der Waals surface area contributed by atoms with Crippen molar-refractivity contribution in [1.29, 1.82) is 0 Å². The number of anilines is 1. The maximum Gasteiger partial charge on any atom is 0.508 e. The normalized spacial score (nSPS) is 12.7. The minimum atomic E-state index is -1.17. The molecule has 33 heavy (non-hydrogen) atoms. The third-order valence-electron chi connectivity index (χ3n) is 4.96. The van der Waals surface area contributed by atoms with Crippen LogP contribution in [0, 0.1) is 12.3 Å². The molecule has 2 heterocycles. The highest BCUT2D eigenvalue weighted by Gasteiger charge is 2.30. The molecule has 0 aliphatic heterocycles. The number of ether oxygens (including phenoxy) is 3. The lowest BCUT2D eigenvalue weighted by Crippen LogP contribution is -2.37. The predicted octanol–water partition coefficient (Wildman–Crippen LogP) is 3.97. The molecule has 1 N–H and O–H groups in total. The lowest BCUT2D eigenvalue weighted by atomic mass is 10.0. The van der Waals surface area contributed by atoms with E-state index in [-0.39, 0.29) is 36.6 Å². The molecule has 0 bridgehead atoms. The summed E-state index contributed by atoms with van der Waals surface area (Å²) in [5.41, 5.74) is -0.329. The van der Waals surface area contributed by atoms with E-state index in [1.165, 1.54) is 7.11 Å². The quantitative estimate of drug-likeness (QED) is 0.198. The van der Waals surface area contributed by atoms with Gasteiger partial charge in [0.05, 0.1) is 12.9 Å². The number of unbranched alkanes of at least 4 members (excludes halogenated alkanes) is 2. The van der Waals surface area contributed by atoms with Gasteiger partial charge in [-0.15, -0.1) is 6.42 Å². The van der Waals surface area contributed by atoms with Gasteiger partial charge in [0.15, 0.2) is 22.6 Å². The molecule has 0 aliphatic carbocycles. The SMILES string of the molecule is C#CC(CCn1cnc2c(NC(=O)CCCCC)nc(Cl)nc21)(COC(=O)OCCC)OC. The Balaban J connectivity index is 2.12. The van der Waals surface area contributed by atoms with E-state index in [0.717, 1.165) is 19.3 Å². The van der Waals surface area contributed by atoms with Crippen LogP contribution < -0.4 is 5.32 Å². The monoisotopic (exact) mass is 479 g/mol. The summed E-state index contributed by atoms with van der Waals surface area (Å²) in [6, 6.07) is 0. The molecule has 2 aromatic rings. The number of methoxy groups -OCH3 is 1. The first-order valence-corrected chi connectivity index (χ1v) is 11.3. The average Bonchev–Trinajstić information content (AvgIpc) is 3.21. The average molecular weight is 480 g/mol. The molecule has 2 aromatic heterocycles. The van der Waals surface area contributed by atoms with Crippen LogP contribution in [0.15, 0.2) is 6.33 Å². The van der Waals surface area contributed by atoms with Crippen LogP contribution in [0.1, 0.15) is 52.4 Å². The molecule has 0 aromatic carbocycles. The van der Waals surface area contributed by atoms with Crippen molar-refractivity contribution >= 4 is 40.6 Å². The molecule has 1 amide bonds. The molecular weight excluding hydrogens is 450 g/mol. The van der Waals surface area contributed by atoms with E-state index in [4.69, 9.17) is 32.2 Å². The van der Waals surface area contributed by atoms with Crippen LogP contribution in [0.25, 0.3) is 11.2 Å². The number of terminal acetylenes is 1. The van der Waals surface area contributed by atoms with Crippen LogP contribution in [0.4, 0.5) is 10.6 Å². The van der Waals surface area contributed by atoms with Gasteiger partial charge in [0.25, 0.3) is 0 Å². The highest BCUT2D eigenvalue weighted by molar-refractivity contribution is 6.28. The first-order valence-electron chi connectivity index (χ1n) is 10.9. The summed E-state index contributed by atoms with van der Waals surface area (Å²) >= 11 is 6.09. The van der Waals surface area contributed by atoms with Crippen LogP contribution in [0.3, 0.4) is 0 Å². The number of nitrogens with one attached hydrogen (secondary N) is 1. The number of nitrogens with zero attached hydrogens (tertiary/aromatic N) is 4. The second-order valence-corrected chi connectivity index (χ2v) is 7.77. The molecule has 0 radical (unpaired) electrons. The summed E-state index contributed by atoms with van der Waals surface area (Å²) in [6.07, 6.45) is 10.6. The number of aromatic nitrogens is 4. The van der Waals surface area contributed by atoms with Crippen molar-refractivity contribution in [2.24, 2.45) is 0 Å². The van der Waals surface area contributed by atoms with Crippen LogP contribution >= 0.6 is 11.6 Å². The number of halogens is 1. The third-order valence-corrected chi connectivity index (χ3v) is 5.13. The van der Waals surface area contributed by atoms with Crippen LogP contribution in [0.5, 0.6) is 0 Å². The van der Waals surface area contributed by atoms with Crippen molar-refractivity contribution < 1.29 is 23.8 Å². The zero-order valence-corrected chi connectivity index (χ0v) is 20.0. The number of amides is 1. The van der Waals surface area contributed by atoms with E-state index < -0.39 is 11.8 Å². The molecule has 10 nitrogen and oxygen atoms in total.